The second-order valence-electron chi connectivity index (χ2n) is 5.21. The summed E-state index contributed by atoms with van der Waals surface area (Å²) in [5.74, 6) is -3.32. The van der Waals surface area contributed by atoms with Crippen molar-refractivity contribution in [2.24, 2.45) is 0 Å². The average molecular weight is 395 g/mol. The smallest absolute Gasteiger partial charge is 0.471 e. The van der Waals surface area contributed by atoms with Crippen LogP contribution in [0.3, 0.4) is 0 Å². The number of rotatable bonds is 5. The minimum atomic E-state index is -5.20. The Morgan fingerprint density at radius 2 is 1.69 bits per heavy atom. The SMILES string of the molecule is COc1cc(C2SC[C@@H](C(=O)O)N2C(=O)C(F)(F)F)cc(OC)c1OC. The number of benzene rings is 1. The molecule has 1 amide bonds. The van der Waals surface area contributed by atoms with Crippen LogP contribution in [0.15, 0.2) is 12.1 Å². The van der Waals surface area contributed by atoms with Gasteiger partial charge in [0.05, 0.1) is 21.3 Å². The van der Waals surface area contributed by atoms with E-state index in [1.54, 1.807) is 0 Å². The fraction of sp³-hybridized carbons (Fsp3) is 0.467. The maximum atomic E-state index is 13.0. The number of halogens is 3. The van der Waals surface area contributed by atoms with Crippen molar-refractivity contribution in [1.82, 2.24) is 4.90 Å². The molecule has 0 aromatic heterocycles. The normalized spacial score (nSPS) is 20.0. The molecule has 7 nitrogen and oxygen atoms in total. The highest BCUT2D eigenvalue weighted by Crippen LogP contribution is 2.48. The Kier molecular flexibility index (Phi) is 5.79. The molecule has 0 saturated carbocycles. The van der Waals surface area contributed by atoms with Gasteiger partial charge in [-0.15, -0.1) is 11.8 Å². The number of carboxylic acids is 1. The number of methoxy groups -OCH3 is 3. The first-order chi connectivity index (χ1) is 12.1. The van der Waals surface area contributed by atoms with Gasteiger partial charge in [-0.1, -0.05) is 0 Å². The molecule has 0 spiro atoms. The molecule has 1 N–H and O–H groups in total. The topological polar surface area (TPSA) is 85.3 Å². The lowest BCUT2D eigenvalue weighted by molar-refractivity contribution is -0.189. The summed E-state index contributed by atoms with van der Waals surface area (Å²) < 4.78 is 54.4. The largest absolute Gasteiger partial charge is 0.493 e. The number of hydrogen-bond donors (Lipinski definition) is 1. The Morgan fingerprint density at radius 3 is 2.08 bits per heavy atom. The van der Waals surface area contributed by atoms with Gasteiger partial charge in [0.1, 0.15) is 11.4 Å². The van der Waals surface area contributed by atoms with Crippen LogP contribution in [0, 0.1) is 0 Å². The summed E-state index contributed by atoms with van der Waals surface area (Å²) in [4.78, 5) is 23.5. The van der Waals surface area contributed by atoms with Crippen molar-refractivity contribution < 1.29 is 42.1 Å². The Hall–Kier alpha value is -2.30. The van der Waals surface area contributed by atoms with E-state index in [0.717, 1.165) is 11.8 Å². The van der Waals surface area contributed by atoms with Gasteiger partial charge in [0, 0.05) is 5.75 Å². The van der Waals surface area contributed by atoms with E-state index in [1.165, 1.54) is 33.5 Å². The number of carbonyl (C=O) groups is 2. The van der Waals surface area contributed by atoms with E-state index in [2.05, 4.69) is 0 Å². The van der Waals surface area contributed by atoms with E-state index in [1.807, 2.05) is 0 Å². The molecule has 0 aliphatic carbocycles. The number of aliphatic carboxylic acids is 1. The fourth-order valence-electron chi connectivity index (χ4n) is 2.59. The van der Waals surface area contributed by atoms with Gasteiger partial charge in [0.15, 0.2) is 11.5 Å². The van der Waals surface area contributed by atoms with Gasteiger partial charge in [-0.3, -0.25) is 4.79 Å². The quantitative estimate of drug-likeness (QED) is 0.819. The summed E-state index contributed by atoms with van der Waals surface area (Å²) >= 11 is 0.909. The van der Waals surface area contributed by atoms with Crippen LogP contribution in [0.2, 0.25) is 0 Å². The average Bonchev–Trinajstić information content (AvgIpc) is 3.03. The maximum Gasteiger partial charge on any atom is 0.471 e. The molecule has 144 valence electrons. The van der Waals surface area contributed by atoms with Crippen LogP contribution < -0.4 is 14.2 Å². The molecule has 1 aliphatic rings. The lowest BCUT2D eigenvalue weighted by Gasteiger charge is -2.28. The van der Waals surface area contributed by atoms with Crippen molar-refractivity contribution in [3.63, 3.8) is 0 Å². The molecule has 1 unspecified atom stereocenters. The molecule has 1 heterocycles. The Balaban J connectivity index is 2.55. The lowest BCUT2D eigenvalue weighted by Crippen LogP contribution is -2.48. The van der Waals surface area contributed by atoms with E-state index in [0.29, 0.717) is 4.90 Å². The van der Waals surface area contributed by atoms with Crippen LogP contribution in [-0.2, 0) is 9.59 Å². The molecule has 0 radical (unpaired) electrons. The van der Waals surface area contributed by atoms with Crippen LogP contribution in [0.1, 0.15) is 10.9 Å². The van der Waals surface area contributed by atoms with E-state index in [-0.39, 0.29) is 28.6 Å². The third-order valence-electron chi connectivity index (χ3n) is 3.73. The first kappa shape index (κ1) is 20.0. The second kappa shape index (κ2) is 7.52. The first-order valence-corrected chi connectivity index (χ1v) is 8.24. The van der Waals surface area contributed by atoms with Gasteiger partial charge in [-0.05, 0) is 17.7 Å². The Labute approximate surface area is 151 Å². The zero-order chi connectivity index (χ0) is 19.6. The minimum absolute atomic E-state index is 0.181. The van der Waals surface area contributed by atoms with Crippen LogP contribution in [-0.4, -0.2) is 61.2 Å². The summed E-state index contributed by atoms with van der Waals surface area (Å²) in [6.45, 7) is 0. The first-order valence-electron chi connectivity index (χ1n) is 7.19. The van der Waals surface area contributed by atoms with E-state index in [9.17, 15) is 27.9 Å². The van der Waals surface area contributed by atoms with Crippen molar-refractivity contribution in [2.45, 2.75) is 17.6 Å². The fourth-order valence-corrected chi connectivity index (χ4v) is 3.99. The highest BCUT2D eigenvalue weighted by molar-refractivity contribution is 7.99. The summed E-state index contributed by atoms with van der Waals surface area (Å²) in [7, 11) is 4.04. The second-order valence-corrected chi connectivity index (χ2v) is 6.32. The molecular formula is C15H16F3NO6S. The molecule has 11 heteroatoms. The number of ether oxygens (including phenoxy) is 3. The number of alkyl halides is 3. The molecule has 0 bridgehead atoms. The Bertz CT molecular complexity index is 686. The van der Waals surface area contributed by atoms with Crippen molar-refractivity contribution in [3.8, 4) is 17.2 Å². The van der Waals surface area contributed by atoms with Crippen molar-refractivity contribution in [2.75, 3.05) is 27.1 Å². The molecule has 1 fully saturated rings. The standard InChI is InChI=1S/C15H16F3NO6S/c1-23-9-4-7(5-10(24-2)11(9)25-3)12-19(14(22)15(16,17)18)8(6-26-12)13(20)21/h4-5,8,12H,6H2,1-3H3,(H,20,21)/t8-,12?/m0/s1. The molecule has 1 saturated heterocycles. The minimum Gasteiger partial charge on any atom is -0.493 e. The third-order valence-corrected chi connectivity index (χ3v) is 5.06. The molecule has 2 atom stereocenters. The summed E-state index contributed by atoms with van der Waals surface area (Å²) in [5.41, 5.74) is 0.228. The van der Waals surface area contributed by atoms with E-state index in [4.69, 9.17) is 14.2 Å². The maximum absolute atomic E-state index is 13.0. The van der Waals surface area contributed by atoms with Gasteiger partial charge in [-0.2, -0.15) is 13.2 Å². The zero-order valence-corrected chi connectivity index (χ0v) is 14.8. The lowest BCUT2D eigenvalue weighted by atomic mass is 10.1. The number of carboxylic acid groups (broad SMARTS) is 1. The van der Waals surface area contributed by atoms with E-state index < -0.39 is 29.5 Å². The molecule has 1 aliphatic heterocycles. The predicted octanol–water partition coefficient (Wildman–Crippen LogP) is 2.30. The van der Waals surface area contributed by atoms with Gasteiger partial charge in [0.25, 0.3) is 0 Å². The molecule has 1 aromatic rings. The number of amides is 1. The number of thioether (sulfide) groups is 1. The van der Waals surface area contributed by atoms with Gasteiger partial charge in [0.2, 0.25) is 5.75 Å². The molecular weight excluding hydrogens is 379 g/mol. The molecule has 26 heavy (non-hydrogen) atoms. The highest BCUT2D eigenvalue weighted by Gasteiger charge is 2.52. The van der Waals surface area contributed by atoms with Gasteiger partial charge >= 0.3 is 18.1 Å². The zero-order valence-electron chi connectivity index (χ0n) is 14.0. The van der Waals surface area contributed by atoms with Crippen molar-refractivity contribution in [1.29, 1.82) is 0 Å². The van der Waals surface area contributed by atoms with Crippen molar-refractivity contribution in [3.05, 3.63) is 17.7 Å². The van der Waals surface area contributed by atoms with Gasteiger partial charge in [-0.25, -0.2) is 4.79 Å². The summed E-state index contributed by atoms with van der Waals surface area (Å²) in [6.07, 6.45) is -5.20. The highest BCUT2D eigenvalue weighted by atomic mass is 32.2. The van der Waals surface area contributed by atoms with Crippen LogP contribution in [0.4, 0.5) is 13.2 Å². The van der Waals surface area contributed by atoms with Crippen LogP contribution in [0.25, 0.3) is 0 Å². The van der Waals surface area contributed by atoms with Crippen molar-refractivity contribution >= 4 is 23.6 Å². The number of carbonyl (C=O) groups excluding carboxylic acids is 1. The molecule has 2 rings (SSSR count). The van der Waals surface area contributed by atoms with Gasteiger partial charge < -0.3 is 24.2 Å². The third kappa shape index (κ3) is 3.62. The Morgan fingerprint density at radius 1 is 1.15 bits per heavy atom. The monoisotopic (exact) mass is 395 g/mol. The number of nitrogens with zero attached hydrogens (tertiary/aromatic N) is 1. The van der Waals surface area contributed by atoms with Crippen LogP contribution >= 0.6 is 11.8 Å². The number of hydrogen-bond acceptors (Lipinski definition) is 6. The summed E-state index contributed by atoms with van der Waals surface area (Å²) in [6, 6.07) is 1.18. The molecule has 1 aromatic carbocycles. The van der Waals surface area contributed by atoms with Crippen LogP contribution in [0.5, 0.6) is 17.2 Å². The summed E-state index contributed by atoms with van der Waals surface area (Å²) in [5, 5.41) is 8.04. The van der Waals surface area contributed by atoms with E-state index >= 15 is 0 Å². The predicted molar refractivity (Wildman–Crippen MR) is 85.6 cm³/mol.